The van der Waals surface area contributed by atoms with Gasteiger partial charge >= 0.3 is 107 Å². The molecule has 39 heteroatoms. The second kappa shape index (κ2) is 16.9. The number of benzene rings is 1. The van der Waals surface area contributed by atoms with Gasteiger partial charge in [-0.15, -0.1) is 0 Å². The van der Waals surface area contributed by atoms with Gasteiger partial charge in [-0.3, -0.25) is 0 Å². The average Bonchev–Trinajstić information content (AvgIpc) is 3.13. The first-order chi connectivity index (χ1) is 29.5. The molecular formula is C30H9F39. The van der Waals surface area contributed by atoms with Crippen molar-refractivity contribution in [1.82, 2.24) is 0 Å². The Morgan fingerprint density at radius 2 is 0.319 bits per heavy atom. The molecule has 0 aromatic heterocycles. The Balaban J connectivity index is 4.30. The van der Waals surface area contributed by atoms with Gasteiger partial charge in [-0.05, 0) is 53.1 Å². The highest BCUT2D eigenvalue weighted by Crippen LogP contribution is 2.64. The molecule has 0 saturated carbocycles. The quantitative estimate of drug-likeness (QED) is 0.129. The van der Waals surface area contributed by atoms with Crippen LogP contribution >= 0.6 is 0 Å². The van der Waals surface area contributed by atoms with Crippen LogP contribution in [0.5, 0.6) is 0 Å². The summed E-state index contributed by atoms with van der Waals surface area (Å²) in [5.41, 5.74) is -6.51. The van der Waals surface area contributed by atoms with E-state index in [0.29, 0.717) is 0 Å². The monoisotopic (exact) mass is 1110 g/mol. The fourth-order valence-corrected chi connectivity index (χ4v) is 4.25. The predicted octanol–water partition coefficient (Wildman–Crippen LogP) is 15.9. The Kier molecular flexibility index (Phi) is 15.4. The highest BCUT2D eigenvalue weighted by molar-refractivity contribution is 5.66. The minimum absolute atomic E-state index is 0.678. The lowest BCUT2D eigenvalue weighted by Gasteiger charge is -2.39. The van der Waals surface area contributed by atoms with E-state index in [1.165, 1.54) is 0 Å². The minimum Gasteiger partial charge on any atom is -0.195 e. The minimum atomic E-state index is -8.65. The Bertz CT molecular complexity index is 1830. The van der Waals surface area contributed by atoms with Gasteiger partial charge in [-0.25, -0.2) is 0 Å². The molecule has 0 aliphatic carbocycles. The van der Waals surface area contributed by atoms with E-state index >= 15 is 0 Å². The first-order valence-corrected chi connectivity index (χ1v) is 15.6. The Labute approximate surface area is 351 Å². The maximum absolute atomic E-state index is 14.3. The lowest BCUT2D eigenvalue weighted by molar-refractivity contribution is -0.436. The van der Waals surface area contributed by atoms with Crippen LogP contribution in [0.3, 0.4) is 0 Å². The van der Waals surface area contributed by atoms with Crippen molar-refractivity contribution < 1.29 is 171 Å². The second-order valence-corrected chi connectivity index (χ2v) is 13.2. The summed E-state index contributed by atoms with van der Waals surface area (Å²) in [6.07, 6.45) is -34.1. The van der Waals surface area contributed by atoms with Gasteiger partial charge in [0.05, 0.1) is 0 Å². The predicted molar refractivity (Wildman–Crippen MR) is 146 cm³/mol. The maximum atomic E-state index is 14.3. The smallest absolute Gasteiger partial charge is 0.195 e. The molecule has 1 aromatic rings. The van der Waals surface area contributed by atoms with Crippen LogP contribution in [0.2, 0.25) is 0 Å². The van der Waals surface area contributed by atoms with Crippen molar-refractivity contribution in [3.05, 3.63) is 53.1 Å². The SMILES string of the molecule is FC(F)(F)C(F)(F)C(F)(F)C(F)(F)C(F)(F)C(F)(F)/C=C/c1cc(/C=C/C(F)(F)C(F)(F)C(F)(F)C(F)(F)C(F)(F)C(F)(F)F)cc(/C=C/C(F)(F)C(F)(F)C(F)(F)C(F)(F)C(F)(F)C(F)(F)F)c1. The molecule has 0 amide bonds. The molecule has 1 rings (SSSR count). The van der Waals surface area contributed by atoms with E-state index in [0.717, 1.165) is 0 Å². The highest BCUT2D eigenvalue weighted by atomic mass is 19.5. The summed E-state index contributed by atoms with van der Waals surface area (Å²) in [6, 6.07) is -2.03. The van der Waals surface area contributed by atoms with Gasteiger partial charge in [-0.1, -0.05) is 18.2 Å². The van der Waals surface area contributed by atoms with Crippen molar-refractivity contribution in [3.63, 3.8) is 0 Å². The zero-order chi connectivity index (χ0) is 56.1. The molecule has 0 nitrogen and oxygen atoms in total. The van der Waals surface area contributed by atoms with E-state index < -0.39 is 179 Å². The van der Waals surface area contributed by atoms with Gasteiger partial charge in [0.2, 0.25) is 0 Å². The summed E-state index contributed by atoms with van der Waals surface area (Å²) in [5, 5.41) is 0. The molecule has 0 unspecified atom stereocenters. The summed E-state index contributed by atoms with van der Waals surface area (Å²) in [4.78, 5) is 0. The highest BCUT2D eigenvalue weighted by Gasteiger charge is 2.93. The van der Waals surface area contributed by atoms with Gasteiger partial charge in [0.15, 0.2) is 0 Å². The molecule has 0 aliphatic heterocycles. The molecule has 69 heavy (non-hydrogen) atoms. The van der Waals surface area contributed by atoms with E-state index in [4.69, 9.17) is 0 Å². The molecule has 1 aromatic carbocycles. The van der Waals surface area contributed by atoms with Crippen LogP contribution in [0, 0.1) is 0 Å². The van der Waals surface area contributed by atoms with E-state index in [2.05, 4.69) is 0 Å². The third-order valence-corrected chi connectivity index (χ3v) is 8.33. The van der Waals surface area contributed by atoms with Crippen LogP contribution in [0.1, 0.15) is 16.7 Å². The van der Waals surface area contributed by atoms with Crippen LogP contribution in [-0.2, 0) is 0 Å². The van der Waals surface area contributed by atoms with Crippen LogP contribution in [-0.4, -0.2) is 107 Å². The molecule has 0 aliphatic rings. The number of rotatable bonds is 18. The fraction of sp³-hybridized carbons (Fsp3) is 0.600. The van der Waals surface area contributed by atoms with Crippen molar-refractivity contribution in [2.75, 3.05) is 0 Å². The number of alkyl halides is 39. The van der Waals surface area contributed by atoms with Gasteiger partial charge in [-0.2, -0.15) is 171 Å². The van der Waals surface area contributed by atoms with Gasteiger partial charge in [0, 0.05) is 0 Å². The van der Waals surface area contributed by atoms with Crippen molar-refractivity contribution in [1.29, 1.82) is 0 Å². The Hall–Kier alpha value is -4.29. The average molecular weight is 1110 g/mol. The summed E-state index contributed by atoms with van der Waals surface area (Å²) < 4.78 is 524. The van der Waals surface area contributed by atoms with Crippen LogP contribution in [0.25, 0.3) is 18.2 Å². The van der Waals surface area contributed by atoms with Crippen LogP contribution < -0.4 is 0 Å². The van der Waals surface area contributed by atoms with Crippen molar-refractivity contribution in [2.45, 2.75) is 107 Å². The lowest BCUT2D eigenvalue weighted by Crippen LogP contribution is -2.69. The van der Waals surface area contributed by atoms with E-state index in [1.54, 1.807) is 0 Å². The summed E-state index contributed by atoms with van der Waals surface area (Å²) in [5.74, 6) is -124. The van der Waals surface area contributed by atoms with Crippen molar-refractivity contribution in [3.8, 4) is 0 Å². The molecule has 0 N–H and O–H groups in total. The van der Waals surface area contributed by atoms with Crippen LogP contribution in [0.4, 0.5) is 171 Å². The number of halogens is 39. The molecule has 402 valence electrons. The number of hydrogen-bond donors (Lipinski definition) is 0. The van der Waals surface area contributed by atoms with Gasteiger partial charge in [0.25, 0.3) is 0 Å². The molecule has 0 atom stereocenters. The molecule has 0 heterocycles. The standard InChI is InChI=1S/C30H9F39/c31-13(32,16(37,38)19(43,44)22(49,50)25(55,56)28(61,62)63)4-1-10-7-11(2-5-14(33,34)17(39,40)20(45,46)23(51,52)26(57,58)29(64,65)66)9-12(8-10)3-6-15(35,36)18(41,42)21(47,48)24(53,54)27(59,60)30(67,68)69/h1-9H/b4-1+,5-2+,6-3+. The molecule has 0 saturated heterocycles. The summed E-state index contributed by atoms with van der Waals surface area (Å²) in [7, 11) is 0. The van der Waals surface area contributed by atoms with Gasteiger partial charge < -0.3 is 0 Å². The molecule has 0 spiro atoms. The van der Waals surface area contributed by atoms with Gasteiger partial charge in [0.1, 0.15) is 0 Å². The Morgan fingerprint density at radius 1 is 0.188 bits per heavy atom. The topological polar surface area (TPSA) is 0 Å². The molecular weight excluding hydrogens is 1100 g/mol. The second-order valence-electron chi connectivity index (χ2n) is 13.2. The lowest BCUT2D eigenvalue weighted by atomic mass is 9.92. The largest absolute Gasteiger partial charge is 0.460 e. The van der Waals surface area contributed by atoms with Crippen LogP contribution in [0.15, 0.2) is 36.4 Å². The zero-order valence-electron chi connectivity index (χ0n) is 30.4. The van der Waals surface area contributed by atoms with E-state index in [1.807, 2.05) is 0 Å². The first-order valence-electron chi connectivity index (χ1n) is 15.6. The summed E-state index contributed by atoms with van der Waals surface area (Å²) >= 11 is 0. The van der Waals surface area contributed by atoms with Crippen molar-refractivity contribution >= 4 is 18.2 Å². The zero-order valence-corrected chi connectivity index (χ0v) is 30.4. The third kappa shape index (κ3) is 9.39. The normalized spacial score (nSPS) is 16.7. The maximum Gasteiger partial charge on any atom is 0.460 e. The number of allylic oxidation sites excluding steroid dienone is 3. The Morgan fingerprint density at radius 3 is 0.449 bits per heavy atom. The molecule has 0 radical (unpaired) electrons. The van der Waals surface area contributed by atoms with Crippen molar-refractivity contribution in [2.24, 2.45) is 0 Å². The summed E-state index contributed by atoms with van der Waals surface area (Å²) in [6.45, 7) is 0. The molecule has 0 bridgehead atoms. The van der Waals surface area contributed by atoms with E-state index in [9.17, 15) is 171 Å². The fourth-order valence-electron chi connectivity index (χ4n) is 4.25. The molecule has 0 fully saturated rings. The first kappa shape index (κ1) is 62.7. The number of hydrogen-bond acceptors (Lipinski definition) is 0. The third-order valence-electron chi connectivity index (χ3n) is 8.33. The van der Waals surface area contributed by atoms with E-state index in [-0.39, 0.29) is 0 Å².